The van der Waals surface area contributed by atoms with Crippen LogP contribution in [0.3, 0.4) is 0 Å². The number of carbonyl (C=O) groups excluding carboxylic acids is 1. The van der Waals surface area contributed by atoms with Crippen LogP contribution in [0.1, 0.15) is 69.1 Å². The number of carbonyl (C=O) groups is 1. The van der Waals surface area contributed by atoms with Crippen molar-refractivity contribution in [1.29, 1.82) is 0 Å². The molecule has 0 aliphatic heterocycles. The number of phenolic OH excluding ortho intramolecular Hbond substituents is 1. The molecule has 1 heterocycles. The van der Waals surface area contributed by atoms with E-state index in [-0.39, 0.29) is 34.1 Å². The molecular formula is C26H35N5O2S. The van der Waals surface area contributed by atoms with Gasteiger partial charge in [-0.15, -0.1) is 0 Å². The minimum absolute atomic E-state index is 0.0131. The molecule has 182 valence electrons. The fourth-order valence-corrected chi connectivity index (χ4v) is 4.31. The van der Waals surface area contributed by atoms with Gasteiger partial charge in [0.15, 0.2) is 17.4 Å². The van der Waals surface area contributed by atoms with Crippen LogP contribution < -0.4 is 10.6 Å². The van der Waals surface area contributed by atoms with Gasteiger partial charge in [0.1, 0.15) is 0 Å². The van der Waals surface area contributed by atoms with Crippen LogP contribution in [0.5, 0.6) is 5.75 Å². The number of aromatic nitrogens is 2. The van der Waals surface area contributed by atoms with E-state index < -0.39 is 0 Å². The molecule has 0 aliphatic rings. The summed E-state index contributed by atoms with van der Waals surface area (Å²) < 4.78 is 8.88. The fourth-order valence-electron chi connectivity index (χ4n) is 3.83. The SMILES string of the molecule is CN(C)C(=O)c1c(C(C)(C)C)ccc(Nc2nsnc2N[C@@H](c2ccccc2)C(C)(C)C)c1O. The quantitative estimate of drug-likeness (QED) is 0.364. The number of anilines is 3. The van der Waals surface area contributed by atoms with Crippen LogP contribution in [-0.4, -0.2) is 38.8 Å². The number of aromatic hydroxyl groups is 1. The number of amides is 1. The summed E-state index contributed by atoms with van der Waals surface area (Å²) in [6.45, 7) is 12.6. The van der Waals surface area contributed by atoms with Gasteiger partial charge in [-0.25, -0.2) is 0 Å². The lowest BCUT2D eigenvalue weighted by molar-refractivity contribution is 0.0822. The lowest BCUT2D eigenvalue weighted by atomic mass is 9.82. The van der Waals surface area contributed by atoms with Gasteiger partial charge in [0.2, 0.25) is 0 Å². The predicted molar refractivity (Wildman–Crippen MR) is 140 cm³/mol. The van der Waals surface area contributed by atoms with Crippen molar-refractivity contribution < 1.29 is 9.90 Å². The molecule has 1 aromatic heterocycles. The minimum Gasteiger partial charge on any atom is -0.505 e. The van der Waals surface area contributed by atoms with Crippen LogP contribution in [0.4, 0.5) is 17.3 Å². The highest BCUT2D eigenvalue weighted by atomic mass is 32.1. The normalized spacial score (nSPS) is 12.8. The highest BCUT2D eigenvalue weighted by molar-refractivity contribution is 6.99. The van der Waals surface area contributed by atoms with Crippen molar-refractivity contribution in [3.8, 4) is 5.75 Å². The van der Waals surface area contributed by atoms with Crippen molar-refractivity contribution in [3.63, 3.8) is 0 Å². The van der Waals surface area contributed by atoms with Gasteiger partial charge in [-0.1, -0.05) is 77.9 Å². The second-order valence-corrected chi connectivity index (χ2v) is 11.3. The van der Waals surface area contributed by atoms with Gasteiger partial charge >= 0.3 is 0 Å². The summed E-state index contributed by atoms with van der Waals surface area (Å²) >= 11 is 1.08. The van der Waals surface area contributed by atoms with Gasteiger partial charge in [0, 0.05) is 14.1 Å². The van der Waals surface area contributed by atoms with Crippen molar-refractivity contribution in [3.05, 3.63) is 59.2 Å². The number of hydrogen-bond donors (Lipinski definition) is 3. The van der Waals surface area contributed by atoms with E-state index in [0.717, 1.165) is 22.9 Å². The number of hydrogen-bond acceptors (Lipinski definition) is 7. The van der Waals surface area contributed by atoms with E-state index in [2.05, 4.69) is 52.3 Å². The van der Waals surface area contributed by atoms with Gasteiger partial charge in [-0.3, -0.25) is 4.79 Å². The van der Waals surface area contributed by atoms with Crippen LogP contribution >= 0.6 is 11.7 Å². The van der Waals surface area contributed by atoms with E-state index in [1.165, 1.54) is 4.90 Å². The van der Waals surface area contributed by atoms with Crippen LogP contribution in [0.25, 0.3) is 0 Å². The average Bonchev–Trinajstić information content (AvgIpc) is 3.18. The van der Waals surface area contributed by atoms with E-state index >= 15 is 0 Å². The van der Waals surface area contributed by atoms with Gasteiger partial charge in [-0.2, -0.15) is 8.75 Å². The molecule has 0 unspecified atom stereocenters. The molecule has 2 aromatic carbocycles. The third kappa shape index (κ3) is 5.50. The van der Waals surface area contributed by atoms with E-state index in [4.69, 9.17) is 0 Å². The maximum atomic E-state index is 13.0. The summed E-state index contributed by atoms with van der Waals surface area (Å²) in [4.78, 5) is 14.4. The molecule has 3 N–H and O–H groups in total. The average molecular weight is 482 g/mol. The van der Waals surface area contributed by atoms with Crippen LogP contribution in [0.15, 0.2) is 42.5 Å². The lowest BCUT2D eigenvalue weighted by Gasteiger charge is -2.32. The van der Waals surface area contributed by atoms with E-state index in [1.807, 2.05) is 45.0 Å². The second kappa shape index (κ2) is 9.62. The molecule has 1 amide bonds. The lowest BCUT2D eigenvalue weighted by Crippen LogP contribution is -2.27. The highest BCUT2D eigenvalue weighted by Gasteiger charge is 2.30. The predicted octanol–water partition coefficient (Wildman–Crippen LogP) is 6.19. The molecule has 0 fully saturated rings. The Hall–Kier alpha value is -3.13. The second-order valence-electron chi connectivity index (χ2n) is 10.8. The highest BCUT2D eigenvalue weighted by Crippen LogP contribution is 2.41. The van der Waals surface area contributed by atoms with Crippen molar-refractivity contribution >= 4 is 35.0 Å². The van der Waals surface area contributed by atoms with Gasteiger partial charge < -0.3 is 20.6 Å². The third-order valence-electron chi connectivity index (χ3n) is 5.63. The first-order chi connectivity index (χ1) is 15.8. The Morgan fingerprint density at radius 3 is 2.15 bits per heavy atom. The molecule has 0 saturated carbocycles. The maximum Gasteiger partial charge on any atom is 0.257 e. The number of nitrogens with one attached hydrogen (secondary N) is 2. The van der Waals surface area contributed by atoms with Gasteiger partial charge in [0.25, 0.3) is 5.91 Å². The monoisotopic (exact) mass is 481 g/mol. The fraction of sp³-hybridized carbons (Fsp3) is 0.423. The Balaban J connectivity index is 1.99. The molecule has 0 bridgehead atoms. The van der Waals surface area contributed by atoms with Gasteiger partial charge in [-0.05, 0) is 28.0 Å². The first kappa shape index (κ1) is 25.5. The van der Waals surface area contributed by atoms with Crippen molar-refractivity contribution in [2.45, 2.75) is 53.0 Å². The zero-order chi connectivity index (χ0) is 25.3. The summed E-state index contributed by atoms with van der Waals surface area (Å²) in [5.74, 6) is 0.740. The van der Waals surface area contributed by atoms with E-state index in [0.29, 0.717) is 17.3 Å². The van der Waals surface area contributed by atoms with Crippen molar-refractivity contribution in [1.82, 2.24) is 13.6 Å². The molecule has 8 heteroatoms. The zero-order valence-electron chi connectivity index (χ0n) is 21.2. The number of phenols is 1. The molecule has 0 saturated heterocycles. The zero-order valence-corrected chi connectivity index (χ0v) is 22.0. The molecule has 0 spiro atoms. The summed E-state index contributed by atoms with van der Waals surface area (Å²) in [6.07, 6.45) is 0. The Morgan fingerprint density at radius 1 is 0.971 bits per heavy atom. The first-order valence-corrected chi connectivity index (χ1v) is 12.0. The van der Waals surface area contributed by atoms with E-state index in [9.17, 15) is 9.90 Å². The largest absolute Gasteiger partial charge is 0.505 e. The molecular weight excluding hydrogens is 446 g/mol. The molecule has 1 atom stereocenters. The van der Waals surface area contributed by atoms with Crippen LogP contribution in [0, 0.1) is 5.41 Å². The Morgan fingerprint density at radius 2 is 1.59 bits per heavy atom. The third-order valence-corrected chi connectivity index (χ3v) is 6.16. The van der Waals surface area contributed by atoms with Crippen molar-refractivity contribution in [2.75, 3.05) is 24.7 Å². The molecule has 0 radical (unpaired) electrons. The number of rotatable bonds is 6. The molecule has 0 aliphatic carbocycles. The number of nitrogens with zero attached hydrogens (tertiary/aromatic N) is 3. The summed E-state index contributed by atoms with van der Waals surface area (Å²) in [5, 5.41) is 17.9. The summed E-state index contributed by atoms with van der Waals surface area (Å²) in [5.41, 5.74) is 2.20. The Kier molecular flexibility index (Phi) is 7.21. The number of benzene rings is 2. The van der Waals surface area contributed by atoms with Crippen LogP contribution in [-0.2, 0) is 5.41 Å². The molecule has 3 aromatic rings. The summed E-state index contributed by atoms with van der Waals surface area (Å²) in [6, 6.07) is 13.9. The van der Waals surface area contributed by atoms with Crippen LogP contribution in [0.2, 0.25) is 0 Å². The van der Waals surface area contributed by atoms with Crippen molar-refractivity contribution in [2.24, 2.45) is 5.41 Å². The molecule has 3 rings (SSSR count). The maximum absolute atomic E-state index is 13.0. The minimum atomic E-state index is -0.318. The molecule has 34 heavy (non-hydrogen) atoms. The Bertz CT molecular complexity index is 1140. The standard InChI is InChI=1S/C26H35N5O2S/c1-25(2,3)17-14-15-18(20(32)19(17)24(33)31(7)8)27-22-23(30-34-29-22)28-21(26(4,5)6)16-12-10-9-11-13-16/h9-15,21,32H,1-8H3,(H,27,29)(H,28,30)/t21-/m0/s1. The first-order valence-electron chi connectivity index (χ1n) is 11.3. The van der Waals surface area contributed by atoms with Gasteiger partial charge in [0.05, 0.1) is 29.0 Å². The topological polar surface area (TPSA) is 90.4 Å². The van der Waals surface area contributed by atoms with E-state index in [1.54, 1.807) is 20.2 Å². The Labute approximate surface area is 206 Å². The summed E-state index contributed by atoms with van der Waals surface area (Å²) in [7, 11) is 3.35. The smallest absolute Gasteiger partial charge is 0.257 e. The molecule has 7 nitrogen and oxygen atoms in total.